The monoisotopic (exact) mass is 245 g/mol. The minimum Gasteiger partial charge on any atom is -0.382 e. The molecule has 0 saturated heterocycles. The maximum atomic E-state index is 5.57. The molecule has 3 heteroatoms. The van der Waals surface area contributed by atoms with E-state index in [0.717, 1.165) is 19.6 Å². The molecule has 1 N–H and O–H groups in total. The molecule has 0 aliphatic carbocycles. The number of hydrogen-bond acceptors (Lipinski definition) is 3. The van der Waals surface area contributed by atoms with Crippen molar-refractivity contribution in [1.82, 2.24) is 5.32 Å². The Morgan fingerprint density at radius 1 is 1.06 bits per heavy atom. The Hall–Kier alpha value is -0.120. The van der Waals surface area contributed by atoms with Crippen LogP contribution < -0.4 is 5.32 Å². The number of ether oxygens (including phenoxy) is 2. The van der Waals surface area contributed by atoms with E-state index >= 15 is 0 Å². The van der Waals surface area contributed by atoms with E-state index in [-0.39, 0.29) is 0 Å². The number of nitrogens with one attached hydrogen (secondary N) is 1. The predicted octanol–water partition coefficient (Wildman–Crippen LogP) is 2.70. The van der Waals surface area contributed by atoms with E-state index in [1.165, 1.54) is 0 Å². The zero-order valence-electron chi connectivity index (χ0n) is 12.5. The van der Waals surface area contributed by atoms with E-state index < -0.39 is 0 Å². The van der Waals surface area contributed by atoms with Crippen LogP contribution in [0.4, 0.5) is 0 Å². The second-order valence-corrected chi connectivity index (χ2v) is 5.70. The Kier molecular flexibility index (Phi) is 8.83. The van der Waals surface area contributed by atoms with Crippen molar-refractivity contribution in [2.45, 2.75) is 47.1 Å². The molecule has 1 atom stereocenters. The SMILES string of the molecule is COCCOCCC(C)(CNC(C)C)C(C)C. The number of hydrogen-bond donors (Lipinski definition) is 1. The molecule has 0 aliphatic heterocycles. The summed E-state index contributed by atoms with van der Waals surface area (Å²) in [7, 11) is 1.70. The summed E-state index contributed by atoms with van der Waals surface area (Å²) < 4.78 is 10.5. The largest absolute Gasteiger partial charge is 0.382 e. The maximum Gasteiger partial charge on any atom is 0.0700 e. The fourth-order valence-electron chi connectivity index (χ4n) is 1.57. The Balaban J connectivity index is 3.95. The molecule has 104 valence electrons. The fraction of sp³-hybridized carbons (Fsp3) is 1.00. The average molecular weight is 245 g/mol. The first-order valence-corrected chi connectivity index (χ1v) is 6.72. The summed E-state index contributed by atoms with van der Waals surface area (Å²) in [6.45, 7) is 14.5. The molecular weight excluding hydrogens is 214 g/mol. The highest BCUT2D eigenvalue weighted by Crippen LogP contribution is 2.30. The summed E-state index contributed by atoms with van der Waals surface area (Å²) in [6, 6.07) is 0.544. The van der Waals surface area contributed by atoms with Crippen LogP contribution in [0.2, 0.25) is 0 Å². The molecule has 17 heavy (non-hydrogen) atoms. The molecule has 0 bridgehead atoms. The van der Waals surface area contributed by atoms with Crippen molar-refractivity contribution in [3.05, 3.63) is 0 Å². The standard InChI is InChI=1S/C14H31NO2/c1-12(2)14(5,11-15-13(3)4)7-8-17-10-9-16-6/h12-13,15H,7-11H2,1-6H3. The molecule has 0 rings (SSSR count). The molecule has 0 aromatic carbocycles. The Bertz CT molecular complexity index is 183. The lowest BCUT2D eigenvalue weighted by atomic mass is 9.76. The van der Waals surface area contributed by atoms with Crippen LogP contribution in [0.5, 0.6) is 0 Å². The summed E-state index contributed by atoms with van der Waals surface area (Å²) in [5.41, 5.74) is 0.303. The lowest BCUT2D eigenvalue weighted by Gasteiger charge is -2.35. The normalized spacial score (nSPS) is 15.5. The van der Waals surface area contributed by atoms with E-state index in [2.05, 4.69) is 39.9 Å². The van der Waals surface area contributed by atoms with Crippen molar-refractivity contribution >= 4 is 0 Å². The molecular formula is C14H31NO2. The summed E-state index contributed by atoms with van der Waals surface area (Å²) in [5, 5.41) is 3.54. The van der Waals surface area contributed by atoms with Crippen molar-refractivity contribution in [3.63, 3.8) is 0 Å². The Morgan fingerprint density at radius 2 is 1.71 bits per heavy atom. The Morgan fingerprint density at radius 3 is 2.18 bits per heavy atom. The molecule has 0 heterocycles. The summed E-state index contributed by atoms with van der Waals surface area (Å²) in [6.07, 6.45) is 1.09. The minimum atomic E-state index is 0.303. The van der Waals surface area contributed by atoms with Gasteiger partial charge in [-0.2, -0.15) is 0 Å². The van der Waals surface area contributed by atoms with Crippen LogP contribution >= 0.6 is 0 Å². The van der Waals surface area contributed by atoms with Gasteiger partial charge in [0.25, 0.3) is 0 Å². The smallest absolute Gasteiger partial charge is 0.0700 e. The zero-order chi connectivity index (χ0) is 13.3. The first kappa shape index (κ1) is 16.9. The quantitative estimate of drug-likeness (QED) is 0.600. The van der Waals surface area contributed by atoms with E-state index in [1.807, 2.05) is 0 Å². The van der Waals surface area contributed by atoms with E-state index in [1.54, 1.807) is 7.11 Å². The van der Waals surface area contributed by atoms with Gasteiger partial charge in [-0.1, -0.05) is 34.6 Å². The highest BCUT2D eigenvalue weighted by atomic mass is 16.5. The first-order valence-electron chi connectivity index (χ1n) is 6.72. The van der Waals surface area contributed by atoms with Crippen molar-refractivity contribution in [2.24, 2.45) is 11.3 Å². The highest BCUT2D eigenvalue weighted by molar-refractivity contribution is 4.80. The first-order chi connectivity index (χ1) is 7.92. The van der Waals surface area contributed by atoms with Gasteiger partial charge in [0.05, 0.1) is 13.2 Å². The van der Waals surface area contributed by atoms with Crippen molar-refractivity contribution < 1.29 is 9.47 Å². The van der Waals surface area contributed by atoms with Gasteiger partial charge in [0, 0.05) is 26.3 Å². The lowest BCUT2D eigenvalue weighted by Crippen LogP contribution is -2.39. The highest BCUT2D eigenvalue weighted by Gasteiger charge is 2.27. The molecule has 0 fully saturated rings. The fourth-order valence-corrected chi connectivity index (χ4v) is 1.57. The molecule has 0 radical (unpaired) electrons. The molecule has 0 aromatic rings. The average Bonchev–Trinajstić information content (AvgIpc) is 2.26. The molecule has 0 aliphatic rings. The van der Waals surface area contributed by atoms with Crippen molar-refractivity contribution in [1.29, 1.82) is 0 Å². The van der Waals surface area contributed by atoms with Gasteiger partial charge in [-0.05, 0) is 17.8 Å². The van der Waals surface area contributed by atoms with Crippen LogP contribution in [0.1, 0.15) is 41.0 Å². The van der Waals surface area contributed by atoms with Crippen LogP contribution in [-0.2, 0) is 9.47 Å². The van der Waals surface area contributed by atoms with Gasteiger partial charge in [0.1, 0.15) is 0 Å². The molecule has 0 spiro atoms. The third-order valence-electron chi connectivity index (χ3n) is 3.56. The van der Waals surface area contributed by atoms with Gasteiger partial charge in [0.2, 0.25) is 0 Å². The van der Waals surface area contributed by atoms with Gasteiger partial charge in [0.15, 0.2) is 0 Å². The zero-order valence-corrected chi connectivity index (χ0v) is 12.5. The van der Waals surface area contributed by atoms with Gasteiger partial charge >= 0.3 is 0 Å². The maximum absolute atomic E-state index is 5.57. The second-order valence-electron chi connectivity index (χ2n) is 5.70. The number of rotatable bonds is 10. The predicted molar refractivity (Wildman–Crippen MR) is 73.4 cm³/mol. The molecule has 0 aromatic heterocycles. The topological polar surface area (TPSA) is 30.5 Å². The molecule has 1 unspecified atom stereocenters. The second kappa shape index (κ2) is 8.90. The lowest BCUT2D eigenvalue weighted by molar-refractivity contribution is 0.0438. The van der Waals surface area contributed by atoms with Gasteiger partial charge < -0.3 is 14.8 Å². The summed E-state index contributed by atoms with van der Waals surface area (Å²) in [4.78, 5) is 0. The molecule has 0 amide bonds. The summed E-state index contributed by atoms with van der Waals surface area (Å²) >= 11 is 0. The van der Waals surface area contributed by atoms with Crippen LogP contribution in [0.25, 0.3) is 0 Å². The van der Waals surface area contributed by atoms with Crippen LogP contribution in [0.15, 0.2) is 0 Å². The third-order valence-corrected chi connectivity index (χ3v) is 3.56. The number of methoxy groups -OCH3 is 1. The van der Waals surface area contributed by atoms with Gasteiger partial charge in [-0.15, -0.1) is 0 Å². The van der Waals surface area contributed by atoms with E-state index in [4.69, 9.17) is 9.47 Å². The van der Waals surface area contributed by atoms with Gasteiger partial charge in [-0.25, -0.2) is 0 Å². The van der Waals surface area contributed by atoms with E-state index in [0.29, 0.717) is 30.6 Å². The Labute approximate surface area is 107 Å². The van der Waals surface area contributed by atoms with Gasteiger partial charge in [-0.3, -0.25) is 0 Å². The van der Waals surface area contributed by atoms with Crippen LogP contribution in [-0.4, -0.2) is 39.5 Å². The molecule has 0 saturated carbocycles. The van der Waals surface area contributed by atoms with Crippen LogP contribution in [0, 0.1) is 11.3 Å². The van der Waals surface area contributed by atoms with Crippen molar-refractivity contribution in [2.75, 3.05) is 33.5 Å². The third kappa shape index (κ3) is 7.74. The molecule has 3 nitrogen and oxygen atoms in total. The summed E-state index contributed by atoms with van der Waals surface area (Å²) in [5.74, 6) is 0.653. The van der Waals surface area contributed by atoms with Crippen molar-refractivity contribution in [3.8, 4) is 0 Å². The van der Waals surface area contributed by atoms with E-state index in [9.17, 15) is 0 Å². The van der Waals surface area contributed by atoms with Crippen LogP contribution in [0.3, 0.4) is 0 Å². The minimum absolute atomic E-state index is 0.303.